The van der Waals surface area contributed by atoms with E-state index in [0.717, 1.165) is 36.4 Å². The number of anilines is 1. The molecule has 2 aromatic heterocycles. The normalized spacial score (nSPS) is 19.1. The third-order valence-electron chi connectivity index (χ3n) is 3.52. The minimum atomic E-state index is -0.223. The van der Waals surface area contributed by atoms with E-state index in [1.807, 2.05) is 19.1 Å². The molecule has 6 nitrogen and oxygen atoms in total. The molecule has 1 fully saturated rings. The molecule has 0 spiro atoms. The van der Waals surface area contributed by atoms with Gasteiger partial charge in [0.05, 0.1) is 7.11 Å². The molecule has 1 saturated heterocycles. The first-order valence-corrected chi connectivity index (χ1v) is 6.35. The Balaban J connectivity index is 2.08. The van der Waals surface area contributed by atoms with E-state index < -0.39 is 0 Å². The van der Waals surface area contributed by atoms with Crippen LogP contribution in [-0.2, 0) is 9.53 Å². The van der Waals surface area contributed by atoms with Crippen molar-refractivity contribution in [2.45, 2.75) is 25.8 Å². The quantitative estimate of drug-likeness (QED) is 0.759. The first-order chi connectivity index (χ1) is 9.20. The molecule has 1 aliphatic rings. The van der Waals surface area contributed by atoms with Crippen LogP contribution >= 0.6 is 0 Å². The van der Waals surface area contributed by atoms with Crippen molar-refractivity contribution < 1.29 is 9.53 Å². The highest BCUT2D eigenvalue weighted by Gasteiger charge is 2.33. The maximum atomic E-state index is 11.8. The van der Waals surface area contributed by atoms with E-state index in [2.05, 4.69) is 15.0 Å². The van der Waals surface area contributed by atoms with Gasteiger partial charge in [-0.1, -0.05) is 0 Å². The highest BCUT2D eigenvalue weighted by Crippen LogP contribution is 2.27. The lowest BCUT2D eigenvalue weighted by molar-refractivity contribution is -0.141. The van der Waals surface area contributed by atoms with Crippen molar-refractivity contribution >= 4 is 17.4 Å². The van der Waals surface area contributed by atoms with Crippen LogP contribution in [0.4, 0.5) is 5.82 Å². The molecule has 0 saturated carbocycles. The highest BCUT2D eigenvalue weighted by atomic mass is 16.5. The molecule has 1 aliphatic heterocycles. The maximum absolute atomic E-state index is 11.8. The summed E-state index contributed by atoms with van der Waals surface area (Å²) in [5.74, 6) is 0.715. The number of aromatic nitrogens is 3. The lowest BCUT2D eigenvalue weighted by Gasteiger charge is -2.25. The van der Waals surface area contributed by atoms with Crippen LogP contribution in [0.25, 0.3) is 5.65 Å². The molecule has 0 N–H and O–H groups in total. The second-order valence-corrected chi connectivity index (χ2v) is 4.80. The molecule has 1 atom stereocenters. The van der Waals surface area contributed by atoms with E-state index in [0.29, 0.717) is 0 Å². The van der Waals surface area contributed by atoms with Gasteiger partial charge in [-0.3, -0.25) is 0 Å². The minimum Gasteiger partial charge on any atom is -0.467 e. The van der Waals surface area contributed by atoms with Gasteiger partial charge in [0.15, 0.2) is 5.65 Å². The van der Waals surface area contributed by atoms with Gasteiger partial charge in [0.2, 0.25) is 0 Å². The van der Waals surface area contributed by atoms with Crippen molar-refractivity contribution in [2.24, 2.45) is 0 Å². The Morgan fingerprint density at radius 3 is 3.11 bits per heavy atom. The fourth-order valence-electron chi connectivity index (χ4n) is 2.66. The number of methoxy groups -OCH3 is 1. The van der Waals surface area contributed by atoms with Crippen LogP contribution in [0.2, 0.25) is 0 Å². The molecular weight excluding hydrogens is 244 g/mol. The third kappa shape index (κ3) is 1.93. The van der Waals surface area contributed by atoms with E-state index in [-0.39, 0.29) is 12.0 Å². The van der Waals surface area contributed by atoms with Crippen molar-refractivity contribution in [3.05, 3.63) is 24.0 Å². The van der Waals surface area contributed by atoms with Crippen LogP contribution in [-0.4, -0.2) is 40.3 Å². The number of carbonyl (C=O) groups excluding carboxylic acids is 1. The van der Waals surface area contributed by atoms with Crippen molar-refractivity contribution in [3.8, 4) is 0 Å². The van der Waals surface area contributed by atoms with Gasteiger partial charge in [-0.25, -0.2) is 9.78 Å². The largest absolute Gasteiger partial charge is 0.467 e. The minimum absolute atomic E-state index is 0.188. The van der Waals surface area contributed by atoms with Gasteiger partial charge in [-0.05, 0) is 37.5 Å². The Kier molecular flexibility index (Phi) is 2.85. The summed E-state index contributed by atoms with van der Waals surface area (Å²) >= 11 is 0. The maximum Gasteiger partial charge on any atom is 0.328 e. The highest BCUT2D eigenvalue weighted by molar-refractivity contribution is 5.80. The van der Waals surface area contributed by atoms with E-state index in [1.165, 1.54) is 13.4 Å². The Morgan fingerprint density at radius 2 is 2.32 bits per heavy atom. The standard InChI is InChI=1S/C13H16N4O2/c1-9-6-11-14-8-15-17(11)12(7-9)16-5-3-4-10(16)13(18)19-2/h6-8,10H,3-5H2,1-2H3. The zero-order chi connectivity index (χ0) is 13.4. The SMILES string of the molecule is COC(=O)C1CCCN1c1cc(C)cc2ncnn12. The average molecular weight is 260 g/mol. The van der Waals surface area contributed by atoms with Crippen LogP contribution in [0, 0.1) is 6.92 Å². The fourth-order valence-corrected chi connectivity index (χ4v) is 2.66. The van der Waals surface area contributed by atoms with Crippen LogP contribution in [0.5, 0.6) is 0 Å². The molecule has 0 aliphatic carbocycles. The number of pyridine rings is 1. The molecule has 0 radical (unpaired) electrons. The van der Waals surface area contributed by atoms with Gasteiger partial charge in [0, 0.05) is 6.54 Å². The monoisotopic (exact) mass is 260 g/mol. The number of hydrogen-bond donors (Lipinski definition) is 0. The number of nitrogens with zero attached hydrogens (tertiary/aromatic N) is 4. The summed E-state index contributed by atoms with van der Waals surface area (Å²) in [6.45, 7) is 2.85. The van der Waals surface area contributed by atoms with Crippen molar-refractivity contribution in [1.29, 1.82) is 0 Å². The summed E-state index contributed by atoms with van der Waals surface area (Å²) in [7, 11) is 1.43. The van der Waals surface area contributed by atoms with Gasteiger partial charge in [0.25, 0.3) is 0 Å². The summed E-state index contributed by atoms with van der Waals surface area (Å²) in [4.78, 5) is 18.1. The molecule has 6 heteroatoms. The smallest absolute Gasteiger partial charge is 0.328 e. The van der Waals surface area contributed by atoms with Crippen LogP contribution in [0.3, 0.4) is 0 Å². The first-order valence-electron chi connectivity index (χ1n) is 6.35. The first kappa shape index (κ1) is 12.0. The van der Waals surface area contributed by atoms with Crippen LogP contribution < -0.4 is 4.90 Å². The summed E-state index contributed by atoms with van der Waals surface area (Å²) in [6.07, 6.45) is 3.32. The zero-order valence-corrected chi connectivity index (χ0v) is 11.0. The predicted molar refractivity (Wildman–Crippen MR) is 70.1 cm³/mol. The Hall–Kier alpha value is -2.11. The molecule has 1 unspecified atom stereocenters. The lowest BCUT2D eigenvalue weighted by atomic mass is 10.2. The molecule has 2 aromatic rings. The number of aryl methyl sites for hydroxylation is 1. The van der Waals surface area contributed by atoms with Gasteiger partial charge in [-0.2, -0.15) is 9.61 Å². The van der Waals surface area contributed by atoms with Gasteiger partial charge < -0.3 is 9.64 Å². The number of esters is 1. The van der Waals surface area contributed by atoms with Crippen LogP contribution in [0.15, 0.2) is 18.5 Å². The van der Waals surface area contributed by atoms with Gasteiger partial charge in [-0.15, -0.1) is 0 Å². The van der Waals surface area contributed by atoms with Crippen molar-refractivity contribution in [3.63, 3.8) is 0 Å². The predicted octanol–water partition coefficient (Wildman–Crippen LogP) is 1.18. The average Bonchev–Trinajstić information content (AvgIpc) is 3.04. The van der Waals surface area contributed by atoms with E-state index in [1.54, 1.807) is 4.52 Å². The molecule has 3 rings (SSSR count). The Morgan fingerprint density at radius 1 is 1.47 bits per heavy atom. The summed E-state index contributed by atoms with van der Waals surface area (Å²) < 4.78 is 6.66. The third-order valence-corrected chi connectivity index (χ3v) is 3.52. The second kappa shape index (κ2) is 4.53. The Labute approximate surface area is 111 Å². The fraction of sp³-hybridized carbons (Fsp3) is 0.462. The Bertz CT molecular complexity index is 622. The van der Waals surface area contributed by atoms with Crippen LogP contribution in [0.1, 0.15) is 18.4 Å². The zero-order valence-electron chi connectivity index (χ0n) is 11.0. The number of rotatable bonds is 2. The molecule has 3 heterocycles. The number of hydrogen-bond acceptors (Lipinski definition) is 5. The van der Waals surface area contributed by atoms with Crippen molar-refractivity contribution in [1.82, 2.24) is 14.6 Å². The van der Waals surface area contributed by atoms with Gasteiger partial charge in [0.1, 0.15) is 18.2 Å². The summed E-state index contributed by atoms with van der Waals surface area (Å²) in [5.41, 5.74) is 1.90. The molecule has 0 bridgehead atoms. The van der Waals surface area contributed by atoms with E-state index >= 15 is 0 Å². The topological polar surface area (TPSA) is 59.7 Å². The summed E-state index contributed by atoms with van der Waals surface area (Å²) in [5, 5.41) is 4.24. The molecule has 0 amide bonds. The van der Waals surface area contributed by atoms with Gasteiger partial charge >= 0.3 is 5.97 Å². The molecular formula is C13H16N4O2. The van der Waals surface area contributed by atoms with Crippen molar-refractivity contribution in [2.75, 3.05) is 18.6 Å². The molecule has 100 valence electrons. The van der Waals surface area contributed by atoms with E-state index in [9.17, 15) is 4.79 Å². The number of ether oxygens (including phenoxy) is 1. The molecule has 19 heavy (non-hydrogen) atoms. The number of fused-ring (bicyclic) bond motifs is 1. The molecule has 0 aromatic carbocycles. The lowest BCUT2D eigenvalue weighted by Crippen LogP contribution is -2.38. The number of carbonyl (C=O) groups is 1. The van der Waals surface area contributed by atoms with E-state index in [4.69, 9.17) is 4.74 Å². The second-order valence-electron chi connectivity index (χ2n) is 4.80. The summed E-state index contributed by atoms with van der Waals surface area (Å²) in [6, 6.07) is 3.78.